The van der Waals surface area contributed by atoms with E-state index in [0.29, 0.717) is 12.1 Å². The first-order valence-electron chi connectivity index (χ1n) is 8.12. The monoisotopic (exact) mass is 298 g/mol. The smallest absolute Gasteiger partial charge is 0.359 e. The lowest BCUT2D eigenvalue weighted by Crippen LogP contribution is -2.00. The van der Waals surface area contributed by atoms with Crippen molar-refractivity contribution in [3.63, 3.8) is 0 Å². The van der Waals surface area contributed by atoms with Gasteiger partial charge in [0.15, 0.2) is 5.82 Å². The summed E-state index contributed by atoms with van der Waals surface area (Å²) in [4.78, 5) is 10.7. The molecule has 5 heteroatoms. The molecule has 1 heterocycles. The summed E-state index contributed by atoms with van der Waals surface area (Å²) in [6.45, 7) is 2.22. The highest BCUT2D eigenvalue weighted by atomic mass is 19.1. The van der Waals surface area contributed by atoms with Crippen molar-refractivity contribution in [3.8, 4) is 0 Å². The zero-order valence-electron chi connectivity index (χ0n) is 13.0. The van der Waals surface area contributed by atoms with Crippen LogP contribution in [0.4, 0.5) is 4.39 Å². The highest BCUT2D eigenvalue weighted by Gasteiger charge is 2.18. The van der Waals surface area contributed by atoms with Crippen LogP contribution in [0.3, 0.4) is 0 Å². The van der Waals surface area contributed by atoms with Gasteiger partial charge < -0.3 is 5.11 Å². The second-order valence-electron chi connectivity index (χ2n) is 5.60. The number of aromatic carboxylic acids is 1. The lowest BCUT2D eigenvalue weighted by molar-refractivity contribution is 0.0685. The highest BCUT2D eigenvalue weighted by molar-refractivity contribution is 5.85. The summed E-state index contributed by atoms with van der Waals surface area (Å²) in [5, 5.41) is 14.7. The lowest BCUT2D eigenvalue weighted by Gasteiger charge is -2.02. The summed E-state index contributed by atoms with van der Waals surface area (Å²) >= 11 is 0. The maximum atomic E-state index is 13.6. The van der Waals surface area contributed by atoms with Crippen LogP contribution in [0.5, 0.6) is 0 Å². The predicted molar refractivity (Wildman–Crippen MR) is 81.1 cm³/mol. The molecule has 2 N–H and O–H groups in total. The standard InChI is InChI=1S/C16H27FN2O2/c1-2-3-4-5-6-7-8-9-10-11-12-13-14(17)15(16(20)21)19-18-13/h2-12H2,1H3,(H,18,19)(H,20,21). The lowest BCUT2D eigenvalue weighted by atomic mass is 10.1. The Labute approximate surface area is 126 Å². The molecule has 1 aromatic rings. The zero-order chi connectivity index (χ0) is 15.5. The number of rotatable bonds is 12. The van der Waals surface area contributed by atoms with E-state index in [9.17, 15) is 9.18 Å². The third-order valence-electron chi connectivity index (χ3n) is 3.76. The molecule has 0 atom stereocenters. The third-order valence-corrected chi connectivity index (χ3v) is 3.76. The van der Waals surface area contributed by atoms with Crippen LogP contribution in [-0.4, -0.2) is 21.3 Å². The minimum atomic E-state index is -1.32. The van der Waals surface area contributed by atoms with Crippen LogP contribution in [0.2, 0.25) is 0 Å². The second kappa shape index (κ2) is 10.4. The Kier molecular flexibility index (Phi) is 8.71. The van der Waals surface area contributed by atoms with Gasteiger partial charge in [-0.05, 0) is 12.8 Å². The Balaban J connectivity index is 2.03. The van der Waals surface area contributed by atoms with Gasteiger partial charge in [0.1, 0.15) is 0 Å². The minimum Gasteiger partial charge on any atom is -0.476 e. The molecule has 0 bridgehead atoms. The molecule has 0 aliphatic heterocycles. The van der Waals surface area contributed by atoms with E-state index in [1.807, 2.05) is 0 Å². The fourth-order valence-corrected chi connectivity index (χ4v) is 2.46. The van der Waals surface area contributed by atoms with E-state index in [1.165, 1.54) is 44.9 Å². The van der Waals surface area contributed by atoms with Crippen molar-refractivity contribution in [3.05, 3.63) is 17.2 Å². The molecule has 0 aromatic carbocycles. The Morgan fingerprint density at radius 3 is 2.05 bits per heavy atom. The van der Waals surface area contributed by atoms with E-state index in [0.717, 1.165) is 19.3 Å². The Morgan fingerprint density at radius 1 is 1.05 bits per heavy atom. The number of carboxylic acids is 1. The normalized spacial score (nSPS) is 11.0. The molecular formula is C16H27FN2O2. The van der Waals surface area contributed by atoms with Crippen LogP contribution in [-0.2, 0) is 6.42 Å². The number of nitrogens with zero attached hydrogens (tertiary/aromatic N) is 1. The highest BCUT2D eigenvalue weighted by Crippen LogP contribution is 2.14. The molecule has 0 aliphatic rings. The first kappa shape index (κ1) is 17.7. The Bertz CT molecular complexity index is 418. The summed E-state index contributed by atoms with van der Waals surface area (Å²) < 4.78 is 13.6. The largest absolute Gasteiger partial charge is 0.476 e. The topological polar surface area (TPSA) is 66.0 Å². The van der Waals surface area contributed by atoms with Crippen LogP contribution in [0, 0.1) is 5.82 Å². The number of aromatic nitrogens is 2. The number of hydrogen-bond acceptors (Lipinski definition) is 2. The van der Waals surface area contributed by atoms with Crippen LogP contribution >= 0.6 is 0 Å². The van der Waals surface area contributed by atoms with Gasteiger partial charge in [-0.15, -0.1) is 0 Å². The molecule has 0 aliphatic carbocycles. The summed E-state index contributed by atoms with van der Waals surface area (Å²) in [6.07, 6.45) is 12.8. The molecule has 4 nitrogen and oxygen atoms in total. The molecule has 0 amide bonds. The summed E-state index contributed by atoms with van der Waals surface area (Å²) in [6, 6.07) is 0. The number of halogens is 1. The Hall–Kier alpha value is -1.39. The number of carbonyl (C=O) groups is 1. The van der Waals surface area contributed by atoms with Crippen molar-refractivity contribution < 1.29 is 14.3 Å². The number of aryl methyl sites for hydroxylation is 1. The molecule has 21 heavy (non-hydrogen) atoms. The Morgan fingerprint density at radius 2 is 1.57 bits per heavy atom. The van der Waals surface area contributed by atoms with E-state index in [-0.39, 0.29) is 0 Å². The SMILES string of the molecule is CCCCCCCCCCCCc1[nH]nc(C(=O)O)c1F. The average Bonchev–Trinajstić information content (AvgIpc) is 2.82. The van der Waals surface area contributed by atoms with Gasteiger partial charge in [-0.1, -0.05) is 64.7 Å². The van der Waals surface area contributed by atoms with E-state index < -0.39 is 17.5 Å². The quantitative estimate of drug-likeness (QED) is 0.549. The number of H-pyrrole nitrogens is 1. The van der Waals surface area contributed by atoms with E-state index in [4.69, 9.17) is 5.11 Å². The van der Waals surface area contributed by atoms with Gasteiger partial charge in [-0.3, -0.25) is 5.10 Å². The number of hydrogen-bond donors (Lipinski definition) is 2. The van der Waals surface area contributed by atoms with Crippen molar-refractivity contribution in [1.29, 1.82) is 0 Å². The average molecular weight is 298 g/mol. The molecule has 120 valence electrons. The van der Waals surface area contributed by atoms with Crippen LogP contribution < -0.4 is 0 Å². The fourth-order valence-electron chi connectivity index (χ4n) is 2.46. The number of nitrogens with one attached hydrogen (secondary N) is 1. The fraction of sp³-hybridized carbons (Fsp3) is 0.750. The minimum absolute atomic E-state index is 0.312. The molecule has 0 radical (unpaired) electrons. The van der Waals surface area contributed by atoms with E-state index >= 15 is 0 Å². The van der Waals surface area contributed by atoms with Crippen molar-refractivity contribution in [2.24, 2.45) is 0 Å². The first-order chi connectivity index (χ1) is 10.2. The molecular weight excluding hydrogens is 271 g/mol. The van der Waals surface area contributed by atoms with Crippen LogP contribution in [0.25, 0.3) is 0 Å². The van der Waals surface area contributed by atoms with Crippen molar-refractivity contribution in [2.75, 3.05) is 0 Å². The van der Waals surface area contributed by atoms with Crippen molar-refractivity contribution in [2.45, 2.75) is 77.6 Å². The van der Waals surface area contributed by atoms with Gasteiger partial charge in [0, 0.05) is 0 Å². The number of carboxylic acid groups (broad SMARTS) is 1. The summed E-state index contributed by atoms with van der Waals surface area (Å²) in [7, 11) is 0. The molecule has 0 fully saturated rings. The summed E-state index contributed by atoms with van der Waals surface area (Å²) in [5.74, 6) is -2.03. The number of unbranched alkanes of at least 4 members (excludes halogenated alkanes) is 9. The maximum Gasteiger partial charge on any atom is 0.359 e. The van der Waals surface area contributed by atoms with Crippen molar-refractivity contribution >= 4 is 5.97 Å². The molecule has 0 unspecified atom stereocenters. The third kappa shape index (κ3) is 6.74. The molecule has 1 aromatic heterocycles. The molecule has 1 rings (SSSR count). The predicted octanol–water partition coefficient (Wildman–Crippen LogP) is 4.71. The van der Waals surface area contributed by atoms with E-state index in [2.05, 4.69) is 17.1 Å². The van der Waals surface area contributed by atoms with Gasteiger partial charge >= 0.3 is 5.97 Å². The van der Waals surface area contributed by atoms with Gasteiger partial charge in [-0.2, -0.15) is 5.10 Å². The first-order valence-corrected chi connectivity index (χ1v) is 8.12. The van der Waals surface area contributed by atoms with Gasteiger partial charge in [0.25, 0.3) is 0 Å². The summed E-state index contributed by atoms with van der Waals surface area (Å²) in [5.41, 5.74) is -0.191. The molecule has 0 spiro atoms. The molecule has 0 saturated heterocycles. The van der Waals surface area contributed by atoms with Crippen LogP contribution in [0.15, 0.2) is 0 Å². The second-order valence-corrected chi connectivity index (χ2v) is 5.60. The number of aromatic amines is 1. The van der Waals surface area contributed by atoms with Crippen molar-refractivity contribution in [1.82, 2.24) is 10.2 Å². The van der Waals surface area contributed by atoms with Gasteiger partial charge in [-0.25, -0.2) is 9.18 Å². The maximum absolute atomic E-state index is 13.6. The van der Waals surface area contributed by atoms with Crippen LogP contribution in [0.1, 0.15) is 87.3 Å². The zero-order valence-corrected chi connectivity index (χ0v) is 13.0. The van der Waals surface area contributed by atoms with Gasteiger partial charge in [0.05, 0.1) is 5.69 Å². The van der Waals surface area contributed by atoms with Gasteiger partial charge in [0.2, 0.25) is 5.69 Å². The molecule has 0 saturated carbocycles. The van der Waals surface area contributed by atoms with E-state index in [1.54, 1.807) is 0 Å².